The zero-order valence-corrected chi connectivity index (χ0v) is 13.3. The fourth-order valence-electron chi connectivity index (χ4n) is 2.09. The predicted molar refractivity (Wildman–Crippen MR) is 81.0 cm³/mol. The summed E-state index contributed by atoms with van der Waals surface area (Å²) in [6, 6.07) is 6.16. The van der Waals surface area contributed by atoms with E-state index in [2.05, 4.69) is 19.1 Å². The van der Waals surface area contributed by atoms with Crippen LogP contribution in [-0.4, -0.2) is 25.2 Å². The Morgan fingerprint density at radius 3 is 2.05 bits per heavy atom. The number of aryl methyl sites for hydroxylation is 3. The molecule has 21 heavy (non-hydrogen) atoms. The van der Waals surface area contributed by atoms with Crippen molar-refractivity contribution < 1.29 is 19.1 Å². The fraction of sp³-hybridized carbons (Fsp3) is 0.529. The zero-order valence-electron chi connectivity index (χ0n) is 13.3. The summed E-state index contributed by atoms with van der Waals surface area (Å²) in [5.41, 5.74) is 3.54. The lowest BCUT2D eigenvalue weighted by molar-refractivity contribution is -0.161. The van der Waals surface area contributed by atoms with Gasteiger partial charge in [0.2, 0.25) is 0 Å². The molecule has 0 saturated carbocycles. The SMILES string of the molecule is CCOC(=O)C(CCc1ccc(C)c(C)c1)C(=O)OCC. The van der Waals surface area contributed by atoms with Gasteiger partial charge in [-0.15, -0.1) is 0 Å². The molecule has 0 spiro atoms. The number of ether oxygens (including phenoxy) is 2. The molecule has 0 amide bonds. The highest BCUT2D eigenvalue weighted by atomic mass is 16.6. The Labute approximate surface area is 126 Å². The van der Waals surface area contributed by atoms with Crippen LogP contribution in [0.15, 0.2) is 18.2 Å². The van der Waals surface area contributed by atoms with Gasteiger partial charge in [-0.2, -0.15) is 0 Å². The van der Waals surface area contributed by atoms with E-state index in [1.807, 2.05) is 13.0 Å². The Balaban J connectivity index is 2.73. The van der Waals surface area contributed by atoms with Gasteiger partial charge in [-0.3, -0.25) is 9.59 Å². The van der Waals surface area contributed by atoms with Gasteiger partial charge in [0.15, 0.2) is 5.92 Å². The summed E-state index contributed by atoms with van der Waals surface area (Å²) >= 11 is 0. The van der Waals surface area contributed by atoms with Crippen LogP contribution in [0.25, 0.3) is 0 Å². The second-order valence-corrected chi connectivity index (χ2v) is 5.01. The van der Waals surface area contributed by atoms with Gasteiger partial charge in [0.25, 0.3) is 0 Å². The normalized spacial score (nSPS) is 10.5. The van der Waals surface area contributed by atoms with Crippen molar-refractivity contribution in [1.29, 1.82) is 0 Å². The molecule has 0 aliphatic heterocycles. The van der Waals surface area contributed by atoms with Crippen molar-refractivity contribution in [2.75, 3.05) is 13.2 Å². The summed E-state index contributed by atoms with van der Waals surface area (Å²) < 4.78 is 9.93. The first-order chi connectivity index (χ1) is 9.99. The minimum Gasteiger partial charge on any atom is -0.465 e. The highest BCUT2D eigenvalue weighted by Crippen LogP contribution is 2.16. The molecule has 1 aromatic carbocycles. The zero-order chi connectivity index (χ0) is 15.8. The maximum absolute atomic E-state index is 11.9. The predicted octanol–water partition coefficient (Wildman–Crippen LogP) is 2.98. The van der Waals surface area contributed by atoms with Crippen molar-refractivity contribution in [2.45, 2.75) is 40.5 Å². The van der Waals surface area contributed by atoms with E-state index in [9.17, 15) is 9.59 Å². The third kappa shape index (κ3) is 5.21. The molecule has 0 atom stereocenters. The quantitative estimate of drug-likeness (QED) is 0.572. The van der Waals surface area contributed by atoms with Gasteiger partial charge >= 0.3 is 11.9 Å². The minimum absolute atomic E-state index is 0.262. The Bertz CT molecular complexity index is 476. The molecule has 0 saturated heterocycles. The van der Waals surface area contributed by atoms with Crippen molar-refractivity contribution in [3.05, 3.63) is 34.9 Å². The molecule has 0 heterocycles. The molecule has 4 heteroatoms. The molecule has 0 radical (unpaired) electrons. The highest BCUT2D eigenvalue weighted by molar-refractivity contribution is 5.94. The van der Waals surface area contributed by atoms with Crippen molar-refractivity contribution >= 4 is 11.9 Å². The first-order valence-electron chi connectivity index (χ1n) is 7.39. The maximum Gasteiger partial charge on any atom is 0.320 e. The molecule has 1 rings (SSSR count). The molecule has 0 bridgehead atoms. The Morgan fingerprint density at radius 2 is 1.57 bits per heavy atom. The van der Waals surface area contributed by atoms with Gasteiger partial charge in [0.1, 0.15) is 0 Å². The molecule has 1 aromatic rings. The highest BCUT2D eigenvalue weighted by Gasteiger charge is 2.29. The average molecular weight is 292 g/mol. The first-order valence-corrected chi connectivity index (χ1v) is 7.39. The smallest absolute Gasteiger partial charge is 0.320 e. The molecule has 0 fully saturated rings. The summed E-state index contributed by atoms with van der Waals surface area (Å²) in [5, 5.41) is 0. The van der Waals surface area contributed by atoms with Crippen LogP contribution in [0.4, 0.5) is 0 Å². The van der Waals surface area contributed by atoms with E-state index in [1.54, 1.807) is 13.8 Å². The van der Waals surface area contributed by atoms with Crippen LogP contribution in [0.5, 0.6) is 0 Å². The van der Waals surface area contributed by atoms with Gasteiger partial charge in [0.05, 0.1) is 13.2 Å². The van der Waals surface area contributed by atoms with Crippen LogP contribution in [0.3, 0.4) is 0 Å². The standard InChI is InChI=1S/C17H24O4/c1-5-20-16(18)15(17(19)21-6-2)10-9-14-8-7-12(3)13(4)11-14/h7-8,11,15H,5-6,9-10H2,1-4H3. The molecule has 0 unspecified atom stereocenters. The first kappa shape index (κ1) is 17.2. The van der Waals surface area contributed by atoms with Crippen molar-refractivity contribution in [3.8, 4) is 0 Å². The van der Waals surface area contributed by atoms with Crippen molar-refractivity contribution in [1.82, 2.24) is 0 Å². The van der Waals surface area contributed by atoms with E-state index in [0.717, 1.165) is 5.56 Å². The number of carbonyl (C=O) groups is 2. The maximum atomic E-state index is 11.9. The van der Waals surface area contributed by atoms with E-state index in [0.29, 0.717) is 12.8 Å². The van der Waals surface area contributed by atoms with Crippen LogP contribution in [0.2, 0.25) is 0 Å². The largest absolute Gasteiger partial charge is 0.465 e. The molecule has 4 nitrogen and oxygen atoms in total. The van der Waals surface area contributed by atoms with E-state index < -0.39 is 17.9 Å². The topological polar surface area (TPSA) is 52.6 Å². The Morgan fingerprint density at radius 1 is 1.00 bits per heavy atom. The third-order valence-corrected chi connectivity index (χ3v) is 3.44. The van der Waals surface area contributed by atoms with Crippen molar-refractivity contribution in [3.63, 3.8) is 0 Å². The molecular formula is C17H24O4. The van der Waals surface area contributed by atoms with Gasteiger partial charge in [-0.25, -0.2) is 0 Å². The third-order valence-electron chi connectivity index (χ3n) is 3.44. The summed E-state index contributed by atoms with van der Waals surface area (Å²) in [6.07, 6.45) is 1.05. The van der Waals surface area contributed by atoms with E-state index >= 15 is 0 Å². The molecule has 0 aromatic heterocycles. The monoisotopic (exact) mass is 292 g/mol. The minimum atomic E-state index is -0.841. The lowest BCUT2D eigenvalue weighted by Gasteiger charge is -2.14. The summed E-state index contributed by atoms with van der Waals surface area (Å²) in [4.78, 5) is 23.8. The fourth-order valence-corrected chi connectivity index (χ4v) is 2.09. The summed E-state index contributed by atoms with van der Waals surface area (Å²) in [7, 11) is 0. The van der Waals surface area contributed by atoms with E-state index in [1.165, 1.54) is 11.1 Å². The number of benzene rings is 1. The van der Waals surface area contributed by atoms with Gasteiger partial charge < -0.3 is 9.47 Å². The van der Waals surface area contributed by atoms with Gasteiger partial charge in [-0.05, 0) is 57.2 Å². The molecule has 0 aliphatic carbocycles. The summed E-state index contributed by atoms with van der Waals surface area (Å²) in [6.45, 7) is 8.08. The van der Waals surface area contributed by atoms with Gasteiger partial charge in [0, 0.05) is 0 Å². The lowest BCUT2D eigenvalue weighted by Crippen LogP contribution is -2.28. The van der Waals surface area contributed by atoms with Crippen LogP contribution < -0.4 is 0 Å². The second kappa shape index (κ2) is 8.45. The van der Waals surface area contributed by atoms with Crippen LogP contribution in [-0.2, 0) is 25.5 Å². The van der Waals surface area contributed by atoms with Crippen LogP contribution in [0, 0.1) is 19.8 Å². The lowest BCUT2D eigenvalue weighted by atomic mass is 9.97. The van der Waals surface area contributed by atoms with E-state index in [4.69, 9.17) is 9.47 Å². The number of rotatable bonds is 7. The average Bonchev–Trinajstić information content (AvgIpc) is 2.43. The summed E-state index contributed by atoms with van der Waals surface area (Å²) in [5.74, 6) is -1.84. The number of esters is 2. The molecule has 0 N–H and O–H groups in total. The van der Waals surface area contributed by atoms with Gasteiger partial charge in [-0.1, -0.05) is 18.2 Å². The Kier molecular flexibility index (Phi) is 6.92. The Hall–Kier alpha value is -1.84. The van der Waals surface area contributed by atoms with Crippen LogP contribution in [0.1, 0.15) is 37.0 Å². The number of carbonyl (C=O) groups excluding carboxylic acids is 2. The number of hydrogen-bond donors (Lipinski definition) is 0. The molecule has 116 valence electrons. The van der Waals surface area contributed by atoms with Crippen molar-refractivity contribution in [2.24, 2.45) is 5.92 Å². The molecular weight excluding hydrogens is 268 g/mol. The number of hydrogen-bond acceptors (Lipinski definition) is 4. The molecule has 0 aliphatic rings. The second-order valence-electron chi connectivity index (χ2n) is 5.01. The van der Waals surface area contributed by atoms with Crippen LogP contribution >= 0.6 is 0 Å². The van der Waals surface area contributed by atoms with E-state index in [-0.39, 0.29) is 13.2 Å².